The predicted molar refractivity (Wildman–Crippen MR) is 50.7 cm³/mol. The van der Waals surface area contributed by atoms with Gasteiger partial charge < -0.3 is 10.6 Å². The van der Waals surface area contributed by atoms with Crippen LogP contribution in [0.4, 0.5) is 0 Å². The molecule has 2 N–H and O–H groups in total. The Kier molecular flexibility index (Phi) is 5.37. The molecule has 12 heavy (non-hydrogen) atoms. The SMILES string of the molecule is C=C(C)C(=O)N(CC)CCCN. The van der Waals surface area contributed by atoms with Crippen LogP contribution < -0.4 is 5.73 Å². The Morgan fingerprint density at radius 1 is 1.58 bits per heavy atom. The number of hydrogen-bond acceptors (Lipinski definition) is 2. The minimum Gasteiger partial charge on any atom is -0.339 e. The molecule has 0 aliphatic carbocycles. The maximum Gasteiger partial charge on any atom is 0.248 e. The molecule has 0 aliphatic rings. The van der Waals surface area contributed by atoms with Crippen LogP contribution in [0.5, 0.6) is 0 Å². The molecular formula is C9H18N2O. The molecule has 0 fully saturated rings. The zero-order chi connectivity index (χ0) is 9.56. The van der Waals surface area contributed by atoms with Gasteiger partial charge in [0.05, 0.1) is 0 Å². The van der Waals surface area contributed by atoms with Gasteiger partial charge in [-0.1, -0.05) is 6.58 Å². The highest BCUT2D eigenvalue weighted by Crippen LogP contribution is 1.98. The van der Waals surface area contributed by atoms with Crippen LogP contribution in [0.3, 0.4) is 0 Å². The highest BCUT2D eigenvalue weighted by atomic mass is 16.2. The van der Waals surface area contributed by atoms with E-state index in [-0.39, 0.29) is 5.91 Å². The van der Waals surface area contributed by atoms with Crippen LogP contribution in [-0.2, 0) is 4.79 Å². The van der Waals surface area contributed by atoms with E-state index in [1.165, 1.54) is 0 Å². The third-order valence-corrected chi connectivity index (χ3v) is 1.67. The summed E-state index contributed by atoms with van der Waals surface area (Å²) >= 11 is 0. The number of likely N-dealkylation sites (N-methyl/N-ethyl adjacent to an activating group) is 1. The maximum atomic E-state index is 11.4. The molecular weight excluding hydrogens is 152 g/mol. The summed E-state index contributed by atoms with van der Waals surface area (Å²) in [6.07, 6.45) is 0.854. The van der Waals surface area contributed by atoms with Gasteiger partial charge in [0.1, 0.15) is 0 Å². The first-order chi connectivity index (χ1) is 5.63. The average molecular weight is 170 g/mol. The van der Waals surface area contributed by atoms with Gasteiger partial charge in [0.2, 0.25) is 5.91 Å². The molecule has 3 nitrogen and oxygen atoms in total. The molecule has 0 heterocycles. The van der Waals surface area contributed by atoms with E-state index in [1.54, 1.807) is 11.8 Å². The standard InChI is InChI=1S/C9H18N2O/c1-4-11(7-5-6-10)9(12)8(2)3/h2,4-7,10H2,1,3H3. The molecule has 70 valence electrons. The van der Waals surface area contributed by atoms with Crippen molar-refractivity contribution in [2.75, 3.05) is 19.6 Å². The highest BCUT2D eigenvalue weighted by Gasteiger charge is 2.10. The summed E-state index contributed by atoms with van der Waals surface area (Å²) in [4.78, 5) is 13.1. The van der Waals surface area contributed by atoms with Crippen LogP contribution in [0.1, 0.15) is 20.3 Å². The number of carbonyl (C=O) groups excluding carboxylic acids is 1. The Labute approximate surface area is 74.2 Å². The van der Waals surface area contributed by atoms with Crippen molar-refractivity contribution >= 4 is 5.91 Å². The summed E-state index contributed by atoms with van der Waals surface area (Å²) in [5, 5.41) is 0. The van der Waals surface area contributed by atoms with Crippen LogP contribution in [0.15, 0.2) is 12.2 Å². The molecule has 3 heteroatoms. The largest absolute Gasteiger partial charge is 0.339 e. The van der Waals surface area contributed by atoms with Crippen molar-refractivity contribution in [3.63, 3.8) is 0 Å². The summed E-state index contributed by atoms with van der Waals surface area (Å²) in [6, 6.07) is 0. The Hall–Kier alpha value is -0.830. The van der Waals surface area contributed by atoms with Crippen LogP contribution in [0.25, 0.3) is 0 Å². The summed E-state index contributed by atoms with van der Waals surface area (Å²) in [7, 11) is 0. The molecule has 0 spiro atoms. The number of nitrogens with zero attached hydrogens (tertiary/aromatic N) is 1. The molecule has 1 amide bonds. The van der Waals surface area contributed by atoms with E-state index in [1.807, 2.05) is 6.92 Å². The molecule has 0 atom stereocenters. The smallest absolute Gasteiger partial charge is 0.248 e. The summed E-state index contributed by atoms with van der Waals surface area (Å²) in [6.45, 7) is 9.38. The fraction of sp³-hybridized carbons (Fsp3) is 0.667. The van der Waals surface area contributed by atoms with E-state index < -0.39 is 0 Å². The van der Waals surface area contributed by atoms with E-state index in [4.69, 9.17) is 5.73 Å². The van der Waals surface area contributed by atoms with E-state index in [0.29, 0.717) is 12.1 Å². The van der Waals surface area contributed by atoms with Gasteiger partial charge in [0, 0.05) is 18.7 Å². The Bertz CT molecular complexity index is 166. The topological polar surface area (TPSA) is 46.3 Å². The molecule has 0 aromatic rings. The zero-order valence-corrected chi connectivity index (χ0v) is 7.97. The fourth-order valence-corrected chi connectivity index (χ4v) is 0.955. The van der Waals surface area contributed by atoms with Crippen LogP contribution in [0, 0.1) is 0 Å². The molecule has 0 bridgehead atoms. The lowest BCUT2D eigenvalue weighted by molar-refractivity contribution is -0.126. The Balaban J connectivity index is 3.96. The fourth-order valence-electron chi connectivity index (χ4n) is 0.955. The lowest BCUT2D eigenvalue weighted by atomic mass is 10.3. The minimum atomic E-state index is 0.0333. The van der Waals surface area contributed by atoms with Crippen molar-refractivity contribution in [2.24, 2.45) is 5.73 Å². The molecule has 0 saturated heterocycles. The van der Waals surface area contributed by atoms with Gasteiger partial charge in [0.15, 0.2) is 0 Å². The van der Waals surface area contributed by atoms with Gasteiger partial charge in [-0.2, -0.15) is 0 Å². The van der Waals surface area contributed by atoms with Gasteiger partial charge in [-0.05, 0) is 26.8 Å². The molecule has 0 aromatic carbocycles. The first-order valence-electron chi connectivity index (χ1n) is 4.28. The first-order valence-corrected chi connectivity index (χ1v) is 4.28. The van der Waals surface area contributed by atoms with Gasteiger partial charge in [0.25, 0.3) is 0 Å². The number of rotatable bonds is 5. The maximum absolute atomic E-state index is 11.4. The number of amides is 1. The third-order valence-electron chi connectivity index (χ3n) is 1.67. The molecule has 0 radical (unpaired) electrons. The van der Waals surface area contributed by atoms with Crippen LogP contribution in [0.2, 0.25) is 0 Å². The second-order valence-corrected chi connectivity index (χ2v) is 2.81. The third kappa shape index (κ3) is 3.53. The van der Waals surface area contributed by atoms with Crippen molar-refractivity contribution in [1.29, 1.82) is 0 Å². The summed E-state index contributed by atoms with van der Waals surface area (Å²) in [5.74, 6) is 0.0333. The quantitative estimate of drug-likeness (QED) is 0.619. The second-order valence-electron chi connectivity index (χ2n) is 2.81. The van der Waals surface area contributed by atoms with Gasteiger partial charge in [-0.25, -0.2) is 0 Å². The van der Waals surface area contributed by atoms with Gasteiger partial charge in [-0.15, -0.1) is 0 Å². The normalized spacial score (nSPS) is 9.58. The second kappa shape index (κ2) is 5.77. The van der Waals surface area contributed by atoms with Crippen molar-refractivity contribution in [3.05, 3.63) is 12.2 Å². The van der Waals surface area contributed by atoms with Crippen molar-refractivity contribution < 1.29 is 4.79 Å². The van der Waals surface area contributed by atoms with Crippen LogP contribution >= 0.6 is 0 Å². The molecule has 0 aromatic heterocycles. The van der Waals surface area contributed by atoms with E-state index >= 15 is 0 Å². The van der Waals surface area contributed by atoms with Crippen molar-refractivity contribution in [1.82, 2.24) is 4.90 Å². The minimum absolute atomic E-state index is 0.0333. The lowest BCUT2D eigenvalue weighted by Crippen LogP contribution is -2.33. The number of carbonyl (C=O) groups is 1. The van der Waals surface area contributed by atoms with Crippen molar-refractivity contribution in [2.45, 2.75) is 20.3 Å². The van der Waals surface area contributed by atoms with E-state index in [0.717, 1.165) is 19.5 Å². The average Bonchev–Trinajstić information content (AvgIpc) is 2.05. The van der Waals surface area contributed by atoms with E-state index in [9.17, 15) is 4.79 Å². The van der Waals surface area contributed by atoms with Gasteiger partial charge >= 0.3 is 0 Å². The Morgan fingerprint density at radius 3 is 2.50 bits per heavy atom. The number of hydrogen-bond donors (Lipinski definition) is 1. The molecule has 0 saturated carbocycles. The summed E-state index contributed by atoms with van der Waals surface area (Å²) in [5.41, 5.74) is 5.94. The van der Waals surface area contributed by atoms with Gasteiger partial charge in [-0.3, -0.25) is 4.79 Å². The molecule has 0 aliphatic heterocycles. The lowest BCUT2D eigenvalue weighted by Gasteiger charge is -2.20. The first kappa shape index (κ1) is 11.2. The molecule has 0 rings (SSSR count). The van der Waals surface area contributed by atoms with Crippen molar-refractivity contribution in [3.8, 4) is 0 Å². The Morgan fingerprint density at radius 2 is 2.17 bits per heavy atom. The summed E-state index contributed by atoms with van der Waals surface area (Å²) < 4.78 is 0. The molecule has 0 unspecified atom stereocenters. The zero-order valence-electron chi connectivity index (χ0n) is 7.97. The highest BCUT2D eigenvalue weighted by molar-refractivity contribution is 5.92. The van der Waals surface area contributed by atoms with E-state index in [2.05, 4.69) is 6.58 Å². The van der Waals surface area contributed by atoms with Crippen LogP contribution in [-0.4, -0.2) is 30.4 Å². The number of nitrogens with two attached hydrogens (primary N) is 1. The predicted octanol–water partition coefficient (Wildman–Crippen LogP) is 0.760. The monoisotopic (exact) mass is 170 g/mol.